The summed E-state index contributed by atoms with van der Waals surface area (Å²) in [4.78, 5) is 12.3. The summed E-state index contributed by atoms with van der Waals surface area (Å²) in [5.41, 5.74) is 1.59. The Morgan fingerprint density at radius 3 is 2.55 bits per heavy atom. The van der Waals surface area contributed by atoms with E-state index in [4.69, 9.17) is 0 Å². The van der Waals surface area contributed by atoms with Crippen LogP contribution in [-0.4, -0.2) is 23.4 Å². The van der Waals surface area contributed by atoms with Crippen LogP contribution in [0.25, 0.3) is 0 Å². The topological polar surface area (TPSA) is 49.3 Å². The van der Waals surface area contributed by atoms with Gasteiger partial charge in [-0.25, -0.2) is 4.79 Å². The van der Waals surface area contributed by atoms with Gasteiger partial charge in [-0.1, -0.05) is 19.9 Å². The number of benzene rings is 1. The van der Waals surface area contributed by atoms with Crippen molar-refractivity contribution in [2.24, 2.45) is 5.41 Å². The number of anilines is 1. The van der Waals surface area contributed by atoms with Crippen LogP contribution in [0.4, 0.5) is 5.69 Å². The molecule has 0 aromatic heterocycles. The number of nitrogens with one attached hydrogen (secondary N) is 1. The van der Waals surface area contributed by atoms with Gasteiger partial charge in [0, 0.05) is 10.9 Å². The molecule has 0 atom stereocenters. The van der Waals surface area contributed by atoms with Crippen molar-refractivity contribution in [3.05, 3.63) is 23.8 Å². The first-order valence-electron chi connectivity index (χ1n) is 7.10. The normalized spacial score (nSPS) is 18.8. The van der Waals surface area contributed by atoms with Crippen LogP contribution in [-0.2, 0) is 0 Å². The van der Waals surface area contributed by atoms with Crippen molar-refractivity contribution in [1.82, 2.24) is 0 Å². The fourth-order valence-electron chi connectivity index (χ4n) is 2.81. The van der Waals surface area contributed by atoms with Gasteiger partial charge < -0.3 is 10.4 Å². The molecule has 1 saturated carbocycles. The number of carboxylic acids is 1. The Labute approximate surface area is 125 Å². The van der Waals surface area contributed by atoms with Crippen LogP contribution in [0.5, 0.6) is 0 Å². The predicted molar refractivity (Wildman–Crippen MR) is 84.8 cm³/mol. The molecule has 0 spiro atoms. The molecule has 0 saturated heterocycles. The average Bonchev–Trinajstić information content (AvgIpc) is 2.40. The maximum atomic E-state index is 11.5. The molecule has 2 rings (SSSR count). The smallest absolute Gasteiger partial charge is 0.338 e. The van der Waals surface area contributed by atoms with Crippen molar-refractivity contribution in [2.45, 2.75) is 50.5 Å². The highest BCUT2D eigenvalue weighted by Gasteiger charge is 2.27. The summed E-state index contributed by atoms with van der Waals surface area (Å²) in [6, 6.07) is 6.05. The molecule has 1 aromatic rings. The molecule has 1 aliphatic carbocycles. The Bertz CT molecular complexity index is 489. The van der Waals surface area contributed by atoms with Gasteiger partial charge in [-0.2, -0.15) is 0 Å². The number of hydrogen-bond acceptors (Lipinski definition) is 3. The van der Waals surface area contributed by atoms with Crippen LogP contribution >= 0.6 is 11.8 Å². The molecule has 1 aromatic carbocycles. The van der Waals surface area contributed by atoms with Gasteiger partial charge in [0.1, 0.15) is 0 Å². The second-order valence-corrected chi connectivity index (χ2v) is 7.12. The maximum Gasteiger partial charge on any atom is 0.338 e. The van der Waals surface area contributed by atoms with Gasteiger partial charge in [0.2, 0.25) is 0 Å². The monoisotopic (exact) mass is 293 g/mol. The largest absolute Gasteiger partial charge is 0.478 e. The van der Waals surface area contributed by atoms with Gasteiger partial charge in [0.15, 0.2) is 0 Å². The molecule has 0 heterocycles. The van der Waals surface area contributed by atoms with Crippen LogP contribution in [0.15, 0.2) is 23.1 Å². The van der Waals surface area contributed by atoms with Gasteiger partial charge in [-0.3, -0.25) is 0 Å². The molecule has 0 aliphatic heterocycles. The van der Waals surface area contributed by atoms with E-state index in [1.807, 2.05) is 24.5 Å². The summed E-state index contributed by atoms with van der Waals surface area (Å²) in [6.45, 7) is 4.61. The van der Waals surface area contributed by atoms with E-state index in [1.165, 1.54) is 24.6 Å². The van der Waals surface area contributed by atoms with E-state index in [1.54, 1.807) is 0 Å². The Kier molecular flexibility index (Phi) is 4.63. The van der Waals surface area contributed by atoms with E-state index >= 15 is 0 Å². The third-order valence-electron chi connectivity index (χ3n) is 4.16. The van der Waals surface area contributed by atoms with Crippen molar-refractivity contribution in [1.29, 1.82) is 0 Å². The second-order valence-electron chi connectivity index (χ2n) is 6.27. The number of carbonyl (C=O) groups is 1. The number of hydrogen-bond donors (Lipinski definition) is 2. The van der Waals surface area contributed by atoms with Crippen LogP contribution in [0, 0.1) is 5.41 Å². The highest BCUT2D eigenvalue weighted by Crippen LogP contribution is 2.37. The van der Waals surface area contributed by atoms with Gasteiger partial charge in [-0.15, -0.1) is 11.8 Å². The lowest BCUT2D eigenvalue weighted by atomic mass is 9.75. The molecule has 1 aliphatic rings. The highest BCUT2D eigenvalue weighted by atomic mass is 32.2. The van der Waals surface area contributed by atoms with Crippen LogP contribution < -0.4 is 5.32 Å². The number of rotatable bonds is 4. The van der Waals surface area contributed by atoms with Gasteiger partial charge in [0.05, 0.1) is 11.3 Å². The summed E-state index contributed by atoms with van der Waals surface area (Å²) >= 11 is 1.48. The quantitative estimate of drug-likeness (QED) is 0.803. The van der Waals surface area contributed by atoms with Crippen molar-refractivity contribution in [3.63, 3.8) is 0 Å². The molecule has 110 valence electrons. The Balaban J connectivity index is 2.16. The van der Waals surface area contributed by atoms with Crippen molar-refractivity contribution in [3.8, 4) is 0 Å². The molecule has 20 heavy (non-hydrogen) atoms. The molecular formula is C16H23NO2S. The highest BCUT2D eigenvalue weighted by molar-refractivity contribution is 7.98. The standard InChI is InChI=1S/C16H23NO2S/c1-16(2)9-7-11(8-10-16)17-12-5-4-6-13(20-3)14(12)15(18)19/h4-6,11,17H,7-10H2,1-3H3,(H,18,19). The number of aromatic carboxylic acids is 1. The van der Waals surface area contributed by atoms with Crippen LogP contribution in [0.2, 0.25) is 0 Å². The van der Waals surface area contributed by atoms with Crippen molar-refractivity contribution >= 4 is 23.4 Å². The van der Waals surface area contributed by atoms with E-state index in [9.17, 15) is 9.90 Å². The Morgan fingerprint density at radius 2 is 2.00 bits per heavy atom. The second kappa shape index (κ2) is 6.08. The van der Waals surface area contributed by atoms with E-state index in [0.717, 1.165) is 23.4 Å². The third kappa shape index (κ3) is 3.48. The molecule has 0 amide bonds. The molecule has 4 heteroatoms. The maximum absolute atomic E-state index is 11.5. The molecule has 1 fully saturated rings. The van der Waals surface area contributed by atoms with Crippen LogP contribution in [0.3, 0.4) is 0 Å². The molecule has 0 radical (unpaired) electrons. The summed E-state index contributed by atoms with van der Waals surface area (Å²) in [5.74, 6) is -0.853. The number of thioether (sulfide) groups is 1. The lowest BCUT2D eigenvalue weighted by Gasteiger charge is -2.35. The number of carboxylic acid groups (broad SMARTS) is 1. The summed E-state index contributed by atoms with van der Waals surface area (Å²) in [7, 11) is 0. The Morgan fingerprint density at radius 1 is 1.35 bits per heavy atom. The first-order chi connectivity index (χ1) is 9.43. The fourth-order valence-corrected chi connectivity index (χ4v) is 3.42. The Hall–Kier alpha value is -1.16. The van der Waals surface area contributed by atoms with E-state index in [2.05, 4.69) is 19.2 Å². The summed E-state index contributed by atoms with van der Waals surface area (Å²) in [6.07, 6.45) is 6.50. The van der Waals surface area contributed by atoms with Gasteiger partial charge in [0.25, 0.3) is 0 Å². The minimum Gasteiger partial charge on any atom is -0.478 e. The fraction of sp³-hybridized carbons (Fsp3) is 0.562. The first-order valence-corrected chi connectivity index (χ1v) is 8.32. The summed E-state index contributed by atoms with van der Waals surface area (Å²) in [5, 5.41) is 12.9. The lowest BCUT2D eigenvalue weighted by Crippen LogP contribution is -2.30. The average molecular weight is 293 g/mol. The van der Waals surface area contributed by atoms with Crippen molar-refractivity contribution < 1.29 is 9.90 Å². The van der Waals surface area contributed by atoms with Crippen LogP contribution in [0.1, 0.15) is 49.9 Å². The zero-order valence-corrected chi connectivity index (χ0v) is 13.2. The summed E-state index contributed by atoms with van der Waals surface area (Å²) < 4.78 is 0. The molecule has 0 bridgehead atoms. The predicted octanol–water partition coefficient (Wildman–Crippen LogP) is 4.49. The van der Waals surface area contributed by atoms with Gasteiger partial charge >= 0.3 is 5.97 Å². The van der Waals surface area contributed by atoms with E-state index < -0.39 is 5.97 Å². The lowest BCUT2D eigenvalue weighted by molar-refractivity contribution is 0.0694. The van der Waals surface area contributed by atoms with E-state index in [0.29, 0.717) is 17.0 Å². The van der Waals surface area contributed by atoms with E-state index in [-0.39, 0.29) is 0 Å². The van der Waals surface area contributed by atoms with Gasteiger partial charge in [-0.05, 0) is 49.5 Å². The van der Waals surface area contributed by atoms with Crippen molar-refractivity contribution in [2.75, 3.05) is 11.6 Å². The molecule has 3 nitrogen and oxygen atoms in total. The molecular weight excluding hydrogens is 270 g/mol. The first kappa shape index (κ1) is 15.2. The SMILES string of the molecule is CSc1cccc(NC2CCC(C)(C)CC2)c1C(=O)O. The zero-order valence-electron chi connectivity index (χ0n) is 12.4. The third-order valence-corrected chi connectivity index (χ3v) is 4.94. The minimum absolute atomic E-state index is 0.387. The molecule has 2 N–H and O–H groups in total. The minimum atomic E-state index is -0.853. The molecule has 0 unspecified atom stereocenters. The zero-order chi connectivity index (χ0) is 14.8.